The minimum Gasteiger partial charge on any atom is -0.497 e. The van der Waals surface area contributed by atoms with Gasteiger partial charge in [-0.15, -0.1) is 10.2 Å². The summed E-state index contributed by atoms with van der Waals surface area (Å²) in [5.74, 6) is 2.46. The lowest BCUT2D eigenvalue weighted by atomic mass is 10.2. The molecule has 1 aliphatic heterocycles. The van der Waals surface area contributed by atoms with Gasteiger partial charge in [0.2, 0.25) is 0 Å². The van der Waals surface area contributed by atoms with E-state index in [2.05, 4.69) is 30.7 Å². The van der Waals surface area contributed by atoms with Crippen LogP contribution in [0.5, 0.6) is 11.5 Å². The monoisotopic (exact) mass is 401 g/mol. The number of hydrogen-bond donors (Lipinski definition) is 2. The Labute approximate surface area is 172 Å². The number of unbranched alkanes of at least 4 members (excludes halogenated alkanes) is 1. The second-order valence-electron chi connectivity index (χ2n) is 7.05. The number of anilines is 1. The maximum atomic E-state index is 5.39. The fourth-order valence-electron chi connectivity index (χ4n) is 3.44. The Kier molecular flexibility index (Phi) is 7.54. The van der Waals surface area contributed by atoms with E-state index in [-0.39, 0.29) is 0 Å². The number of aromatic nitrogens is 3. The largest absolute Gasteiger partial charge is 0.497 e. The quantitative estimate of drug-likeness (QED) is 0.374. The maximum absolute atomic E-state index is 5.39. The second kappa shape index (κ2) is 10.5. The lowest BCUT2D eigenvalue weighted by Crippen LogP contribution is -2.44. The topological polar surface area (TPSA) is 88.8 Å². The summed E-state index contributed by atoms with van der Waals surface area (Å²) in [7, 11) is 5.16. The van der Waals surface area contributed by atoms with Crippen LogP contribution in [0.2, 0.25) is 0 Å². The molecule has 2 N–H and O–H groups in total. The van der Waals surface area contributed by atoms with E-state index in [4.69, 9.17) is 9.47 Å². The number of nitrogens with one attached hydrogen (secondary N) is 2. The summed E-state index contributed by atoms with van der Waals surface area (Å²) in [6.07, 6.45) is 6.67. The molecule has 0 amide bonds. The van der Waals surface area contributed by atoms with Crippen molar-refractivity contribution in [3.8, 4) is 11.5 Å². The second-order valence-corrected chi connectivity index (χ2v) is 7.05. The Hall–Kier alpha value is -2.97. The van der Waals surface area contributed by atoms with Crippen molar-refractivity contribution >= 4 is 11.6 Å². The van der Waals surface area contributed by atoms with Crippen LogP contribution < -0.4 is 25.0 Å². The summed E-state index contributed by atoms with van der Waals surface area (Å²) >= 11 is 0. The number of aryl methyl sites for hydroxylation is 1. The van der Waals surface area contributed by atoms with Gasteiger partial charge in [0.25, 0.3) is 0 Å². The van der Waals surface area contributed by atoms with E-state index in [9.17, 15) is 0 Å². The van der Waals surface area contributed by atoms with Gasteiger partial charge in [-0.1, -0.05) is 0 Å². The number of nitrogens with zero attached hydrogens (tertiary/aromatic N) is 5. The van der Waals surface area contributed by atoms with Crippen molar-refractivity contribution in [3.05, 3.63) is 30.9 Å². The summed E-state index contributed by atoms with van der Waals surface area (Å²) in [4.78, 5) is 6.70. The molecule has 158 valence electrons. The van der Waals surface area contributed by atoms with E-state index in [1.54, 1.807) is 26.9 Å². The third-order valence-electron chi connectivity index (χ3n) is 5.06. The number of ether oxygens (including phenoxy) is 2. The fraction of sp³-hybridized carbons (Fsp3) is 0.550. The Bertz CT molecular complexity index is 757. The summed E-state index contributed by atoms with van der Waals surface area (Å²) in [5.41, 5.74) is 1.11. The van der Waals surface area contributed by atoms with Gasteiger partial charge in [-0.05, 0) is 19.3 Å². The van der Waals surface area contributed by atoms with Gasteiger partial charge in [0, 0.05) is 63.2 Å². The average molecular weight is 402 g/mol. The van der Waals surface area contributed by atoms with Crippen LogP contribution in [-0.4, -0.2) is 67.7 Å². The van der Waals surface area contributed by atoms with Crippen LogP contribution in [0.4, 0.5) is 5.69 Å². The molecule has 0 bridgehead atoms. The van der Waals surface area contributed by atoms with Crippen molar-refractivity contribution in [1.82, 2.24) is 25.4 Å². The molecule has 2 heterocycles. The molecule has 1 atom stereocenters. The van der Waals surface area contributed by atoms with E-state index >= 15 is 0 Å². The van der Waals surface area contributed by atoms with Gasteiger partial charge in [0.1, 0.15) is 24.2 Å². The Balaban J connectivity index is 1.43. The molecule has 1 aromatic heterocycles. The van der Waals surface area contributed by atoms with Gasteiger partial charge in [-0.3, -0.25) is 4.99 Å². The Morgan fingerprint density at radius 2 is 1.86 bits per heavy atom. The standard InChI is InChI=1S/C20H31N7O2/c1-21-20(22-7-4-5-8-26-14-23-24-15-26)25-16-6-9-27(13-16)17-10-18(28-2)12-19(11-17)29-3/h10-12,14-16H,4-9,13H2,1-3H3,(H2,21,22,25). The zero-order chi connectivity index (χ0) is 20.5. The van der Waals surface area contributed by atoms with Gasteiger partial charge in [0.05, 0.1) is 14.2 Å². The van der Waals surface area contributed by atoms with Gasteiger partial charge >= 0.3 is 0 Å². The molecular weight excluding hydrogens is 370 g/mol. The van der Waals surface area contributed by atoms with Crippen LogP contribution in [0, 0.1) is 0 Å². The predicted molar refractivity (Wildman–Crippen MR) is 114 cm³/mol. The molecule has 29 heavy (non-hydrogen) atoms. The fourth-order valence-corrected chi connectivity index (χ4v) is 3.44. The number of benzene rings is 1. The molecule has 0 aliphatic carbocycles. The maximum Gasteiger partial charge on any atom is 0.191 e. The number of guanidine groups is 1. The highest BCUT2D eigenvalue weighted by atomic mass is 16.5. The first-order valence-corrected chi connectivity index (χ1v) is 9.99. The van der Waals surface area contributed by atoms with E-state index in [1.165, 1.54) is 0 Å². The number of rotatable bonds is 9. The van der Waals surface area contributed by atoms with Gasteiger partial charge in [-0.25, -0.2) is 0 Å². The first-order valence-electron chi connectivity index (χ1n) is 9.99. The Morgan fingerprint density at radius 3 is 2.52 bits per heavy atom. The summed E-state index contributed by atoms with van der Waals surface area (Å²) < 4.78 is 12.8. The molecule has 1 unspecified atom stereocenters. The average Bonchev–Trinajstić information content (AvgIpc) is 3.44. The molecule has 1 aliphatic rings. The Morgan fingerprint density at radius 1 is 1.14 bits per heavy atom. The lowest BCUT2D eigenvalue weighted by molar-refractivity contribution is 0.394. The minimum absolute atomic E-state index is 0.343. The van der Waals surface area contributed by atoms with E-state index in [0.29, 0.717) is 6.04 Å². The SMILES string of the molecule is CN=C(NCCCCn1cnnc1)NC1CCN(c2cc(OC)cc(OC)c2)C1. The van der Waals surface area contributed by atoms with Crippen LogP contribution in [0.25, 0.3) is 0 Å². The molecule has 1 saturated heterocycles. The van der Waals surface area contributed by atoms with Crippen LogP contribution in [-0.2, 0) is 6.54 Å². The van der Waals surface area contributed by atoms with Crippen LogP contribution in [0.1, 0.15) is 19.3 Å². The third kappa shape index (κ3) is 6.00. The highest BCUT2D eigenvalue weighted by Crippen LogP contribution is 2.30. The van der Waals surface area contributed by atoms with Crippen LogP contribution in [0.15, 0.2) is 35.8 Å². The van der Waals surface area contributed by atoms with Crippen molar-refractivity contribution in [2.24, 2.45) is 4.99 Å². The van der Waals surface area contributed by atoms with Gasteiger partial charge < -0.3 is 29.6 Å². The third-order valence-corrected chi connectivity index (χ3v) is 5.06. The van der Waals surface area contributed by atoms with Crippen LogP contribution >= 0.6 is 0 Å². The van der Waals surface area contributed by atoms with Crippen LogP contribution in [0.3, 0.4) is 0 Å². The molecule has 1 aromatic carbocycles. The van der Waals surface area contributed by atoms with Crippen molar-refractivity contribution in [2.45, 2.75) is 31.8 Å². The molecule has 9 heteroatoms. The molecule has 9 nitrogen and oxygen atoms in total. The normalized spacial score (nSPS) is 16.7. The minimum atomic E-state index is 0.343. The van der Waals surface area contributed by atoms with E-state index in [1.807, 2.05) is 29.8 Å². The zero-order valence-electron chi connectivity index (χ0n) is 17.5. The molecule has 2 aromatic rings. The van der Waals surface area contributed by atoms with Gasteiger partial charge in [0.15, 0.2) is 5.96 Å². The van der Waals surface area contributed by atoms with Crippen molar-refractivity contribution < 1.29 is 9.47 Å². The molecule has 3 rings (SSSR count). The predicted octanol–water partition coefficient (Wildman–Crippen LogP) is 1.52. The van der Waals surface area contributed by atoms with Gasteiger partial charge in [-0.2, -0.15) is 0 Å². The smallest absolute Gasteiger partial charge is 0.191 e. The summed E-state index contributed by atoms with van der Waals surface area (Å²) in [5, 5.41) is 14.6. The highest BCUT2D eigenvalue weighted by Gasteiger charge is 2.24. The highest BCUT2D eigenvalue weighted by molar-refractivity contribution is 5.80. The summed E-state index contributed by atoms with van der Waals surface area (Å²) in [6, 6.07) is 6.33. The zero-order valence-corrected chi connectivity index (χ0v) is 17.5. The lowest BCUT2D eigenvalue weighted by Gasteiger charge is -2.21. The van der Waals surface area contributed by atoms with E-state index in [0.717, 1.165) is 68.6 Å². The van der Waals surface area contributed by atoms with Crippen molar-refractivity contribution in [3.63, 3.8) is 0 Å². The number of hydrogen-bond acceptors (Lipinski definition) is 6. The molecular formula is C20H31N7O2. The first kappa shape index (κ1) is 20.8. The summed E-state index contributed by atoms with van der Waals surface area (Å²) in [6.45, 7) is 3.70. The molecule has 0 spiro atoms. The van der Waals surface area contributed by atoms with Crippen molar-refractivity contribution in [2.75, 3.05) is 45.8 Å². The molecule has 1 fully saturated rings. The number of aliphatic imine (C=N–C) groups is 1. The molecule has 0 saturated carbocycles. The first-order chi connectivity index (χ1) is 14.2. The number of methoxy groups -OCH3 is 2. The molecule has 0 radical (unpaired) electrons. The van der Waals surface area contributed by atoms with E-state index < -0.39 is 0 Å². The van der Waals surface area contributed by atoms with Crippen molar-refractivity contribution in [1.29, 1.82) is 0 Å².